The summed E-state index contributed by atoms with van der Waals surface area (Å²) in [5, 5.41) is 3.11. The summed E-state index contributed by atoms with van der Waals surface area (Å²) in [6.45, 7) is 2.10. The molecule has 19 heavy (non-hydrogen) atoms. The second-order valence-corrected chi connectivity index (χ2v) is 5.98. The van der Waals surface area contributed by atoms with Crippen LogP contribution in [0.2, 0.25) is 5.02 Å². The van der Waals surface area contributed by atoms with Crippen molar-refractivity contribution in [1.82, 2.24) is 0 Å². The van der Waals surface area contributed by atoms with Gasteiger partial charge in [0, 0.05) is 9.50 Å². The third-order valence-corrected chi connectivity index (χ3v) is 4.14. The quantitative estimate of drug-likeness (QED) is 0.496. The molecule has 0 amide bonds. The molecule has 0 aliphatic carbocycles. The molecule has 0 unspecified atom stereocenters. The summed E-state index contributed by atoms with van der Waals surface area (Å²) in [6.07, 6.45) is 0. The third-order valence-electron chi connectivity index (χ3n) is 3.25. The molecule has 0 aromatic heterocycles. The zero-order chi connectivity index (χ0) is 13.4. The molecule has 3 rings (SSSR count). The van der Waals surface area contributed by atoms with E-state index >= 15 is 0 Å². The predicted molar refractivity (Wildman–Crippen MR) is 86.8 cm³/mol. The van der Waals surface area contributed by atoms with Crippen LogP contribution >= 0.6 is 27.5 Å². The van der Waals surface area contributed by atoms with Gasteiger partial charge in [0.05, 0.1) is 0 Å². The van der Waals surface area contributed by atoms with Crippen molar-refractivity contribution in [3.8, 4) is 11.1 Å². The van der Waals surface area contributed by atoms with Crippen LogP contribution in [0.15, 0.2) is 59.1 Å². The van der Waals surface area contributed by atoms with Gasteiger partial charge in [0.15, 0.2) is 0 Å². The van der Waals surface area contributed by atoms with Crippen molar-refractivity contribution in [1.29, 1.82) is 0 Å². The normalized spacial score (nSPS) is 10.9. The average Bonchev–Trinajstić information content (AvgIpc) is 2.39. The molecule has 0 nitrogen and oxygen atoms in total. The van der Waals surface area contributed by atoms with E-state index < -0.39 is 0 Å². The van der Waals surface area contributed by atoms with Gasteiger partial charge in [-0.05, 0) is 53.1 Å². The van der Waals surface area contributed by atoms with E-state index in [0.29, 0.717) is 0 Å². The van der Waals surface area contributed by atoms with Crippen LogP contribution in [0.3, 0.4) is 0 Å². The summed E-state index contributed by atoms with van der Waals surface area (Å²) in [7, 11) is 0. The molecule has 0 aliphatic rings. The molecular formula is C17H12BrCl. The van der Waals surface area contributed by atoms with Crippen LogP contribution in [0.1, 0.15) is 5.56 Å². The molecule has 0 saturated carbocycles. The summed E-state index contributed by atoms with van der Waals surface area (Å²) in [6, 6.07) is 18.9. The second kappa shape index (κ2) is 4.99. The van der Waals surface area contributed by atoms with Gasteiger partial charge in [-0.1, -0.05) is 63.4 Å². The lowest BCUT2D eigenvalue weighted by Gasteiger charge is -2.08. The van der Waals surface area contributed by atoms with Gasteiger partial charge in [-0.15, -0.1) is 0 Å². The molecule has 0 aliphatic heterocycles. The Morgan fingerprint density at radius 1 is 0.842 bits per heavy atom. The van der Waals surface area contributed by atoms with Crippen LogP contribution in [0.5, 0.6) is 0 Å². The zero-order valence-corrected chi connectivity index (χ0v) is 12.8. The highest BCUT2D eigenvalue weighted by molar-refractivity contribution is 9.10. The predicted octanol–water partition coefficient (Wildman–Crippen LogP) is 6.23. The Morgan fingerprint density at radius 3 is 2.32 bits per heavy atom. The second-order valence-electron chi connectivity index (χ2n) is 4.69. The lowest BCUT2D eigenvalue weighted by Crippen LogP contribution is -1.82. The minimum Gasteiger partial charge on any atom is -0.0843 e. The van der Waals surface area contributed by atoms with E-state index in [1.165, 1.54) is 22.1 Å². The van der Waals surface area contributed by atoms with Crippen molar-refractivity contribution in [2.24, 2.45) is 0 Å². The summed E-state index contributed by atoms with van der Waals surface area (Å²) >= 11 is 9.68. The minimum atomic E-state index is 0.766. The lowest BCUT2D eigenvalue weighted by atomic mass is 10.0. The summed E-state index contributed by atoms with van der Waals surface area (Å²) in [4.78, 5) is 0. The Morgan fingerprint density at radius 2 is 1.58 bits per heavy atom. The number of hydrogen-bond donors (Lipinski definition) is 0. The Bertz CT molecular complexity index is 745. The van der Waals surface area contributed by atoms with Crippen molar-refractivity contribution in [2.75, 3.05) is 0 Å². The molecule has 2 heteroatoms. The maximum Gasteiger partial charge on any atom is 0.0412 e. The molecule has 0 radical (unpaired) electrons. The molecule has 3 aromatic rings. The molecule has 0 saturated heterocycles. The van der Waals surface area contributed by atoms with Crippen LogP contribution in [0.25, 0.3) is 21.9 Å². The first kappa shape index (κ1) is 12.7. The van der Waals surface area contributed by atoms with Gasteiger partial charge in [-0.2, -0.15) is 0 Å². The fraction of sp³-hybridized carbons (Fsp3) is 0.0588. The zero-order valence-electron chi connectivity index (χ0n) is 10.5. The number of hydrogen-bond acceptors (Lipinski definition) is 0. The first-order valence-corrected chi connectivity index (χ1v) is 7.26. The first-order valence-electron chi connectivity index (χ1n) is 6.09. The maximum absolute atomic E-state index is 6.03. The summed E-state index contributed by atoms with van der Waals surface area (Å²) < 4.78 is 1.09. The van der Waals surface area contributed by atoms with Crippen LogP contribution < -0.4 is 0 Å². The van der Waals surface area contributed by atoms with E-state index in [-0.39, 0.29) is 0 Å². The number of aryl methyl sites for hydroxylation is 1. The topological polar surface area (TPSA) is 0 Å². The van der Waals surface area contributed by atoms with Crippen molar-refractivity contribution in [2.45, 2.75) is 6.92 Å². The highest BCUT2D eigenvalue weighted by Gasteiger charge is 2.05. The standard InChI is InChI=1S/C17H12BrCl/c1-11-2-4-12(5-3-11)16-9-13-6-7-15(19)8-14(13)10-17(16)18/h2-10H,1H3. The Balaban J connectivity index is 2.21. The van der Waals surface area contributed by atoms with E-state index in [1.54, 1.807) is 0 Å². The third kappa shape index (κ3) is 2.54. The Hall–Kier alpha value is -1.31. The van der Waals surface area contributed by atoms with E-state index in [0.717, 1.165) is 14.9 Å². The number of halogens is 2. The molecule has 0 N–H and O–H groups in total. The molecular weight excluding hydrogens is 320 g/mol. The molecule has 94 valence electrons. The van der Waals surface area contributed by atoms with Crippen molar-refractivity contribution in [3.63, 3.8) is 0 Å². The van der Waals surface area contributed by atoms with Gasteiger partial charge in [-0.25, -0.2) is 0 Å². The highest BCUT2D eigenvalue weighted by Crippen LogP contribution is 2.33. The molecule has 0 bridgehead atoms. The number of benzene rings is 3. The molecule has 0 fully saturated rings. The Kier molecular flexibility index (Phi) is 3.34. The van der Waals surface area contributed by atoms with Gasteiger partial charge in [0.1, 0.15) is 0 Å². The largest absolute Gasteiger partial charge is 0.0843 e. The summed E-state index contributed by atoms with van der Waals surface area (Å²) in [5.41, 5.74) is 3.69. The van der Waals surface area contributed by atoms with Gasteiger partial charge in [0.2, 0.25) is 0 Å². The van der Waals surface area contributed by atoms with E-state index in [2.05, 4.69) is 65.3 Å². The van der Waals surface area contributed by atoms with Crippen molar-refractivity contribution >= 4 is 38.3 Å². The molecule has 0 heterocycles. The number of fused-ring (bicyclic) bond motifs is 1. The summed E-state index contributed by atoms with van der Waals surface area (Å²) in [5.74, 6) is 0. The maximum atomic E-state index is 6.03. The average molecular weight is 332 g/mol. The highest BCUT2D eigenvalue weighted by atomic mass is 79.9. The van der Waals surface area contributed by atoms with E-state index in [9.17, 15) is 0 Å². The van der Waals surface area contributed by atoms with Crippen LogP contribution in [0, 0.1) is 6.92 Å². The minimum absolute atomic E-state index is 0.766. The van der Waals surface area contributed by atoms with Crippen LogP contribution in [0.4, 0.5) is 0 Å². The van der Waals surface area contributed by atoms with Gasteiger partial charge in [-0.3, -0.25) is 0 Å². The SMILES string of the molecule is Cc1ccc(-c2cc3ccc(Cl)cc3cc2Br)cc1. The first-order chi connectivity index (χ1) is 9.13. The molecule has 3 aromatic carbocycles. The van der Waals surface area contributed by atoms with Gasteiger partial charge < -0.3 is 0 Å². The fourth-order valence-corrected chi connectivity index (χ4v) is 2.97. The number of rotatable bonds is 1. The van der Waals surface area contributed by atoms with Crippen molar-refractivity contribution in [3.05, 3.63) is 69.7 Å². The van der Waals surface area contributed by atoms with E-state index in [4.69, 9.17) is 11.6 Å². The van der Waals surface area contributed by atoms with Crippen LogP contribution in [-0.4, -0.2) is 0 Å². The smallest absolute Gasteiger partial charge is 0.0412 e. The fourth-order valence-electron chi connectivity index (χ4n) is 2.20. The molecule has 0 atom stereocenters. The van der Waals surface area contributed by atoms with Crippen LogP contribution in [-0.2, 0) is 0 Å². The van der Waals surface area contributed by atoms with Crippen molar-refractivity contribution < 1.29 is 0 Å². The molecule has 0 spiro atoms. The Labute approximate surface area is 126 Å². The van der Waals surface area contributed by atoms with Gasteiger partial charge in [0.25, 0.3) is 0 Å². The lowest BCUT2D eigenvalue weighted by molar-refractivity contribution is 1.47. The monoisotopic (exact) mass is 330 g/mol. The van der Waals surface area contributed by atoms with Gasteiger partial charge >= 0.3 is 0 Å². The van der Waals surface area contributed by atoms with E-state index in [1.807, 2.05) is 12.1 Å².